The smallest absolute Gasteiger partial charge is 0.375 e. The van der Waals surface area contributed by atoms with E-state index >= 15 is 0 Å². The van der Waals surface area contributed by atoms with Crippen LogP contribution in [-0.4, -0.2) is 48.9 Å². The summed E-state index contributed by atoms with van der Waals surface area (Å²) in [5, 5.41) is 0. The summed E-state index contributed by atoms with van der Waals surface area (Å²) in [5.74, 6) is -3.15. The van der Waals surface area contributed by atoms with Gasteiger partial charge >= 0.3 is 6.18 Å². The summed E-state index contributed by atoms with van der Waals surface area (Å²) in [4.78, 5) is 15.8. The van der Waals surface area contributed by atoms with Crippen molar-refractivity contribution in [3.05, 3.63) is 47.4 Å². The average molecular weight is 345 g/mol. The zero-order chi connectivity index (χ0) is 17.9. The van der Waals surface area contributed by atoms with Gasteiger partial charge in [0.1, 0.15) is 5.82 Å². The van der Waals surface area contributed by atoms with Crippen LogP contribution in [0.25, 0.3) is 0 Å². The van der Waals surface area contributed by atoms with Crippen molar-refractivity contribution in [1.29, 1.82) is 0 Å². The van der Waals surface area contributed by atoms with Crippen LogP contribution in [0.5, 0.6) is 0 Å². The molecule has 1 atom stereocenters. The van der Waals surface area contributed by atoms with Crippen LogP contribution in [0, 0.1) is 5.82 Å². The van der Waals surface area contributed by atoms with Crippen LogP contribution in [0.1, 0.15) is 17.0 Å². The number of hydrogen-bond donors (Lipinski definition) is 1. The minimum Gasteiger partial charge on any atom is -0.375 e. The van der Waals surface area contributed by atoms with Crippen molar-refractivity contribution in [3.8, 4) is 0 Å². The maximum atomic E-state index is 13.7. The highest BCUT2D eigenvalue weighted by molar-refractivity contribution is 5.84. The van der Waals surface area contributed by atoms with Crippen LogP contribution in [0.3, 0.4) is 0 Å². The summed E-state index contributed by atoms with van der Waals surface area (Å²) in [6, 6.07) is 2.42. The Morgan fingerprint density at radius 1 is 1.25 bits per heavy atom. The molecule has 1 saturated heterocycles. The van der Waals surface area contributed by atoms with E-state index in [4.69, 9.17) is 5.73 Å². The summed E-state index contributed by atoms with van der Waals surface area (Å²) < 4.78 is 51.5. The largest absolute Gasteiger partial charge is 0.419 e. The van der Waals surface area contributed by atoms with Crippen molar-refractivity contribution in [2.24, 2.45) is 5.73 Å². The number of halogens is 4. The molecule has 132 valence electrons. The zero-order valence-electron chi connectivity index (χ0n) is 13.2. The number of piperazine rings is 1. The summed E-state index contributed by atoms with van der Waals surface area (Å²) in [6.45, 7) is 3.25. The predicted molar refractivity (Wildman–Crippen MR) is 81.5 cm³/mol. The second-order valence-electron chi connectivity index (χ2n) is 5.80. The summed E-state index contributed by atoms with van der Waals surface area (Å²) in [7, 11) is 2.00. The van der Waals surface area contributed by atoms with Gasteiger partial charge in [0.25, 0.3) is 0 Å². The Morgan fingerprint density at radius 3 is 2.38 bits per heavy atom. The van der Waals surface area contributed by atoms with Crippen LogP contribution in [-0.2, 0) is 11.0 Å². The van der Waals surface area contributed by atoms with E-state index < -0.39 is 29.4 Å². The molecule has 0 radical (unpaired) electrons. The van der Waals surface area contributed by atoms with Crippen LogP contribution in [0.15, 0.2) is 30.5 Å². The van der Waals surface area contributed by atoms with Crippen LogP contribution in [0.2, 0.25) is 0 Å². The molecule has 0 saturated carbocycles. The number of primary amides is 1. The van der Waals surface area contributed by atoms with Gasteiger partial charge in [-0.3, -0.25) is 4.79 Å². The number of carbonyl (C=O) groups is 1. The Balaban J connectivity index is 2.19. The van der Waals surface area contributed by atoms with Crippen molar-refractivity contribution in [2.75, 3.05) is 33.2 Å². The molecule has 0 aliphatic carbocycles. The van der Waals surface area contributed by atoms with Gasteiger partial charge in [0, 0.05) is 26.2 Å². The maximum absolute atomic E-state index is 13.7. The number of hydrogen-bond acceptors (Lipinski definition) is 3. The number of carbonyl (C=O) groups excluding carboxylic acids is 1. The number of rotatable bonds is 4. The monoisotopic (exact) mass is 345 g/mol. The first kappa shape index (κ1) is 18.3. The highest BCUT2D eigenvalue weighted by Crippen LogP contribution is 2.32. The second kappa shape index (κ2) is 7.21. The molecule has 1 aromatic carbocycles. The highest BCUT2D eigenvalue weighted by atomic mass is 19.4. The Hall–Kier alpha value is -2.09. The molecule has 0 aromatic heterocycles. The third-order valence-corrected chi connectivity index (χ3v) is 3.99. The molecule has 8 heteroatoms. The van der Waals surface area contributed by atoms with E-state index in [0.717, 1.165) is 32.2 Å². The topological polar surface area (TPSA) is 49.6 Å². The summed E-state index contributed by atoms with van der Waals surface area (Å²) >= 11 is 0. The van der Waals surface area contributed by atoms with Gasteiger partial charge in [-0.05, 0) is 30.9 Å². The molecule has 2 N–H and O–H groups in total. The van der Waals surface area contributed by atoms with Gasteiger partial charge in [0.2, 0.25) is 5.91 Å². The van der Waals surface area contributed by atoms with Gasteiger partial charge < -0.3 is 15.5 Å². The predicted octanol–water partition coefficient (Wildman–Crippen LogP) is 2.17. The van der Waals surface area contributed by atoms with Gasteiger partial charge in [-0.25, -0.2) is 4.39 Å². The molecular formula is C16H19F4N3O. The minimum absolute atomic E-state index is 0.0957. The van der Waals surface area contributed by atoms with Crippen molar-refractivity contribution >= 4 is 5.91 Å². The molecule has 1 aliphatic heterocycles. The standard InChI is InChI=1S/C16H19F4N3O/c1-22-6-8-23(9-7-22)5-4-12(15(21)24)11-2-3-13(14(17)10-11)16(18,19)20/h2-5,10,12H,6-9H2,1H3,(H2,21,24)/b5-4+. The third-order valence-electron chi connectivity index (χ3n) is 3.99. The molecule has 4 nitrogen and oxygen atoms in total. The summed E-state index contributed by atoms with van der Waals surface area (Å²) in [5.41, 5.74) is 4.05. The fourth-order valence-corrected chi connectivity index (χ4v) is 2.50. The van der Waals surface area contributed by atoms with E-state index in [9.17, 15) is 22.4 Å². The third kappa shape index (κ3) is 4.47. The van der Waals surface area contributed by atoms with E-state index in [2.05, 4.69) is 4.90 Å². The van der Waals surface area contributed by atoms with Crippen molar-refractivity contribution in [2.45, 2.75) is 12.1 Å². The van der Waals surface area contributed by atoms with Crippen molar-refractivity contribution in [3.63, 3.8) is 0 Å². The average Bonchev–Trinajstić information content (AvgIpc) is 2.48. The lowest BCUT2D eigenvalue weighted by molar-refractivity contribution is -0.140. The number of nitrogens with zero attached hydrogens (tertiary/aromatic N) is 2. The van der Waals surface area contributed by atoms with Gasteiger partial charge in [-0.2, -0.15) is 13.2 Å². The lowest BCUT2D eigenvalue weighted by atomic mass is 9.96. The van der Waals surface area contributed by atoms with E-state index in [1.165, 1.54) is 6.08 Å². The van der Waals surface area contributed by atoms with Crippen molar-refractivity contribution in [1.82, 2.24) is 9.80 Å². The Morgan fingerprint density at radius 2 is 1.88 bits per heavy atom. The minimum atomic E-state index is -4.78. The molecule has 24 heavy (non-hydrogen) atoms. The molecule has 1 aliphatic rings. The first-order valence-corrected chi connectivity index (χ1v) is 7.45. The quantitative estimate of drug-likeness (QED) is 0.851. The van der Waals surface area contributed by atoms with Crippen LogP contribution in [0.4, 0.5) is 17.6 Å². The first-order chi connectivity index (χ1) is 11.2. The molecule has 1 aromatic rings. The molecule has 2 rings (SSSR count). The molecular weight excluding hydrogens is 326 g/mol. The molecule has 1 unspecified atom stereocenters. The lowest BCUT2D eigenvalue weighted by Crippen LogP contribution is -2.41. The second-order valence-corrected chi connectivity index (χ2v) is 5.80. The molecule has 1 fully saturated rings. The Kier molecular flexibility index (Phi) is 5.48. The van der Waals surface area contributed by atoms with Gasteiger partial charge in [-0.15, -0.1) is 0 Å². The number of amides is 1. The van der Waals surface area contributed by atoms with E-state index in [1.807, 2.05) is 11.9 Å². The van der Waals surface area contributed by atoms with Crippen molar-refractivity contribution < 1.29 is 22.4 Å². The van der Waals surface area contributed by atoms with Crippen LogP contribution >= 0.6 is 0 Å². The number of alkyl halides is 3. The zero-order valence-corrected chi connectivity index (χ0v) is 13.2. The molecule has 1 amide bonds. The SMILES string of the molecule is CN1CCN(/C=C/C(C(N)=O)c2ccc(C(F)(F)F)c(F)c2)CC1. The first-order valence-electron chi connectivity index (χ1n) is 7.45. The normalized spacial score (nSPS) is 18.1. The van der Waals surface area contributed by atoms with E-state index in [1.54, 1.807) is 6.20 Å². The van der Waals surface area contributed by atoms with Crippen LogP contribution < -0.4 is 5.73 Å². The maximum Gasteiger partial charge on any atom is 0.419 e. The number of likely N-dealkylation sites (N-methyl/N-ethyl adjacent to an activating group) is 1. The highest BCUT2D eigenvalue weighted by Gasteiger charge is 2.34. The number of nitrogens with two attached hydrogens (primary N) is 1. The van der Waals surface area contributed by atoms with E-state index in [0.29, 0.717) is 12.1 Å². The summed E-state index contributed by atoms with van der Waals surface area (Å²) in [6.07, 6.45) is -1.59. The van der Waals surface area contributed by atoms with Gasteiger partial charge in [-0.1, -0.05) is 12.1 Å². The fraction of sp³-hybridized carbons (Fsp3) is 0.438. The molecule has 0 spiro atoms. The van der Waals surface area contributed by atoms with E-state index in [-0.39, 0.29) is 5.56 Å². The molecule has 0 bridgehead atoms. The van der Waals surface area contributed by atoms with Gasteiger partial charge in [0.15, 0.2) is 0 Å². The fourth-order valence-electron chi connectivity index (χ4n) is 2.50. The number of benzene rings is 1. The van der Waals surface area contributed by atoms with Gasteiger partial charge in [0.05, 0.1) is 11.5 Å². The Labute approximate surface area is 137 Å². The lowest BCUT2D eigenvalue weighted by Gasteiger charge is -2.31. The molecule has 1 heterocycles. The Bertz CT molecular complexity index is 622.